The van der Waals surface area contributed by atoms with Crippen molar-refractivity contribution in [2.24, 2.45) is 0 Å². The van der Waals surface area contributed by atoms with Gasteiger partial charge in [0.2, 0.25) is 5.88 Å². The number of nitrogens with zero attached hydrogens (tertiary/aromatic N) is 2. The molecule has 2 aromatic carbocycles. The minimum absolute atomic E-state index is 0.139. The molecule has 0 aliphatic carbocycles. The van der Waals surface area contributed by atoms with Crippen LogP contribution in [-0.4, -0.2) is 28.9 Å². The Balaban J connectivity index is 2.13. The van der Waals surface area contributed by atoms with E-state index < -0.39 is 0 Å². The van der Waals surface area contributed by atoms with Gasteiger partial charge < -0.3 is 24.9 Å². The number of nitrogens with two attached hydrogens (primary N) is 1. The number of aromatic hydroxyl groups is 1. The van der Waals surface area contributed by atoms with Crippen LogP contribution >= 0.6 is 0 Å². The van der Waals surface area contributed by atoms with E-state index in [1.807, 2.05) is 49.5 Å². The molecule has 0 amide bonds. The van der Waals surface area contributed by atoms with Gasteiger partial charge in [-0.25, -0.2) is 4.98 Å². The van der Waals surface area contributed by atoms with E-state index in [1.54, 1.807) is 18.8 Å². The Kier molecular flexibility index (Phi) is 4.03. The Morgan fingerprint density at radius 3 is 2.37 bits per heavy atom. The summed E-state index contributed by atoms with van der Waals surface area (Å²) in [7, 11) is 3.26. The average Bonchev–Trinajstić information content (AvgIpc) is 3.03. The number of hydrogen-bond acceptors (Lipinski definition) is 5. The van der Waals surface area contributed by atoms with Gasteiger partial charge in [0.15, 0.2) is 0 Å². The average molecular weight is 363 g/mol. The van der Waals surface area contributed by atoms with Gasteiger partial charge >= 0.3 is 0 Å². The van der Waals surface area contributed by atoms with Gasteiger partial charge in [0, 0.05) is 23.7 Å². The molecule has 0 fully saturated rings. The fourth-order valence-electron chi connectivity index (χ4n) is 3.57. The number of nitrogen functional groups attached to an aromatic ring is 1. The zero-order chi connectivity index (χ0) is 19.1. The van der Waals surface area contributed by atoms with Crippen molar-refractivity contribution >= 4 is 27.5 Å². The van der Waals surface area contributed by atoms with Gasteiger partial charge in [-0.05, 0) is 19.1 Å². The highest BCUT2D eigenvalue weighted by molar-refractivity contribution is 6.12. The fourth-order valence-corrected chi connectivity index (χ4v) is 3.57. The summed E-state index contributed by atoms with van der Waals surface area (Å²) in [5.74, 6) is 1.52. The lowest BCUT2D eigenvalue weighted by Crippen LogP contribution is -1.96. The van der Waals surface area contributed by atoms with Crippen molar-refractivity contribution in [3.63, 3.8) is 0 Å². The Morgan fingerprint density at radius 2 is 1.74 bits per heavy atom. The number of rotatable bonds is 4. The first-order chi connectivity index (χ1) is 13.1. The zero-order valence-electron chi connectivity index (χ0n) is 15.5. The topological polar surface area (TPSA) is 82.5 Å². The van der Waals surface area contributed by atoms with E-state index in [4.69, 9.17) is 20.2 Å². The third-order valence-corrected chi connectivity index (χ3v) is 4.90. The Morgan fingerprint density at radius 1 is 1.07 bits per heavy atom. The molecule has 0 atom stereocenters. The number of aryl methyl sites for hydroxylation is 1. The number of para-hydroxylation sites is 1. The van der Waals surface area contributed by atoms with Crippen molar-refractivity contribution in [1.82, 2.24) is 9.55 Å². The minimum Gasteiger partial charge on any atom is -0.496 e. The minimum atomic E-state index is 0.139. The zero-order valence-corrected chi connectivity index (χ0v) is 15.5. The van der Waals surface area contributed by atoms with Gasteiger partial charge in [0.25, 0.3) is 0 Å². The summed E-state index contributed by atoms with van der Waals surface area (Å²) in [5.41, 5.74) is 10.0. The van der Waals surface area contributed by atoms with Crippen molar-refractivity contribution in [1.29, 1.82) is 0 Å². The number of ether oxygens (including phenoxy) is 2. The lowest BCUT2D eigenvalue weighted by molar-refractivity contribution is 0.397. The van der Waals surface area contributed by atoms with Crippen LogP contribution in [0.2, 0.25) is 0 Å². The van der Waals surface area contributed by atoms with Gasteiger partial charge in [0.05, 0.1) is 41.9 Å². The van der Waals surface area contributed by atoms with Crippen LogP contribution < -0.4 is 15.2 Å². The highest BCUT2D eigenvalue weighted by atomic mass is 16.5. The van der Waals surface area contributed by atoms with E-state index in [-0.39, 0.29) is 5.88 Å². The maximum atomic E-state index is 10.5. The first kappa shape index (κ1) is 17.0. The smallest absolute Gasteiger partial charge is 0.202 e. The molecular formula is C21H21N3O3. The number of methoxy groups -OCH3 is 2. The molecule has 0 aliphatic heterocycles. The van der Waals surface area contributed by atoms with E-state index in [9.17, 15) is 5.11 Å². The van der Waals surface area contributed by atoms with Crippen LogP contribution in [0.5, 0.6) is 17.4 Å². The lowest BCUT2D eigenvalue weighted by atomic mass is 9.98. The quantitative estimate of drug-likeness (QED) is 0.568. The number of hydrogen-bond donors (Lipinski definition) is 2. The normalized spacial score (nSPS) is 11.2. The predicted octanol–water partition coefficient (Wildman–Crippen LogP) is 4.18. The summed E-state index contributed by atoms with van der Waals surface area (Å²) < 4.78 is 12.9. The molecule has 0 radical (unpaired) electrons. The van der Waals surface area contributed by atoms with E-state index in [0.717, 1.165) is 22.0 Å². The Labute approximate surface area is 156 Å². The van der Waals surface area contributed by atoms with Crippen molar-refractivity contribution in [2.75, 3.05) is 20.0 Å². The van der Waals surface area contributed by atoms with Crippen LogP contribution in [-0.2, 0) is 6.54 Å². The van der Waals surface area contributed by atoms with E-state index in [2.05, 4.69) is 0 Å². The molecule has 0 spiro atoms. The van der Waals surface area contributed by atoms with Crippen LogP contribution in [0, 0.1) is 0 Å². The second kappa shape index (κ2) is 6.39. The van der Waals surface area contributed by atoms with E-state index in [1.165, 1.54) is 0 Å². The lowest BCUT2D eigenvalue weighted by Gasteiger charge is -2.15. The van der Waals surface area contributed by atoms with Crippen molar-refractivity contribution in [3.8, 4) is 28.5 Å². The third kappa shape index (κ3) is 2.44. The standard InChI is InChI=1S/C21H21N3O3/c1-4-24-11-14-18(21(24)25)19(22)13-8-5-7-12(20(13)23-14)17-15(26-2)9-6-10-16(17)27-3/h5-11,25H,4,22H2,1-3H3. The summed E-state index contributed by atoms with van der Waals surface area (Å²) in [5, 5.41) is 11.8. The van der Waals surface area contributed by atoms with Crippen molar-refractivity contribution < 1.29 is 14.6 Å². The van der Waals surface area contributed by atoms with Crippen molar-refractivity contribution in [3.05, 3.63) is 42.6 Å². The first-order valence-electron chi connectivity index (χ1n) is 8.72. The molecule has 6 heteroatoms. The SMILES string of the molecule is CCn1cc2nc3c(-c4c(OC)cccc4OC)cccc3c(N)c2c1O. The molecule has 2 aromatic heterocycles. The molecule has 0 saturated heterocycles. The number of benzene rings is 2. The molecular weight excluding hydrogens is 342 g/mol. The summed E-state index contributed by atoms with van der Waals surface area (Å²) in [6, 6.07) is 11.5. The molecule has 4 rings (SSSR count). The second-order valence-electron chi connectivity index (χ2n) is 6.26. The van der Waals surface area contributed by atoms with Crippen LogP contribution in [0.4, 0.5) is 5.69 Å². The van der Waals surface area contributed by atoms with Crippen molar-refractivity contribution in [2.45, 2.75) is 13.5 Å². The highest BCUT2D eigenvalue weighted by Gasteiger charge is 2.20. The van der Waals surface area contributed by atoms with Crippen LogP contribution in [0.3, 0.4) is 0 Å². The molecule has 0 unspecified atom stereocenters. The number of fused-ring (bicyclic) bond motifs is 2. The molecule has 27 heavy (non-hydrogen) atoms. The highest BCUT2D eigenvalue weighted by Crippen LogP contribution is 2.44. The second-order valence-corrected chi connectivity index (χ2v) is 6.26. The number of pyridine rings is 1. The molecule has 0 saturated carbocycles. The van der Waals surface area contributed by atoms with Gasteiger partial charge in [-0.1, -0.05) is 24.3 Å². The summed E-state index contributed by atoms with van der Waals surface area (Å²) in [6.45, 7) is 2.59. The van der Waals surface area contributed by atoms with Gasteiger partial charge in [0.1, 0.15) is 11.5 Å². The molecule has 2 heterocycles. The number of anilines is 1. The molecule has 3 N–H and O–H groups in total. The van der Waals surface area contributed by atoms with Gasteiger partial charge in [-0.15, -0.1) is 0 Å². The Hall–Kier alpha value is -3.41. The maximum absolute atomic E-state index is 10.5. The monoisotopic (exact) mass is 363 g/mol. The predicted molar refractivity (Wildman–Crippen MR) is 108 cm³/mol. The third-order valence-electron chi connectivity index (χ3n) is 4.90. The molecule has 138 valence electrons. The van der Waals surface area contributed by atoms with Gasteiger partial charge in [-0.3, -0.25) is 0 Å². The Bertz CT molecular complexity index is 1140. The maximum Gasteiger partial charge on any atom is 0.202 e. The van der Waals surface area contributed by atoms with E-state index in [0.29, 0.717) is 34.6 Å². The van der Waals surface area contributed by atoms with Gasteiger partial charge in [-0.2, -0.15) is 0 Å². The first-order valence-corrected chi connectivity index (χ1v) is 8.72. The van der Waals surface area contributed by atoms with Crippen LogP contribution in [0.25, 0.3) is 32.9 Å². The summed E-state index contributed by atoms with van der Waals surface area (Å²) in [4.78, 5) is 4.82. The molecule has 0 bridgehead atoms. The van der Waals surface area contributed by atoms with Crippen LogP contribution in [0.15, 0.2) is 42.6 Å². The fraction of sp³-hybridized carbons (Fsp3) is 0.190. The van der Waals surface area contributed by atoms with E-state index >= 15 is 0 Å². The largest absolute Gasteiger partial charge is 0.496 e. The summed E-state index contributed by atoms with van der Waals surface area (Å²) in [6.07, 6.45) is 1.82. The molecule has 4 aromatic rings. The summed E-state index contributed by atoms with van der Waals surface area (Å²) >= 11 is 0. The molecule has 6 nitrogen and oxygen atoms in total. The van der Waals surface area contributed by atoms with Crippen LogP contribution in [0.1, 0.15) is 6.92 Å². The number of aromatic nitrogens is 2. The molecule has 0 aliphatic rings.